The van der Waals surface area contributed by atoms with Crippen LogP contribution in [0.3, 0.4) is 0 Å². The fourth-order valence-corrected chi connectivity index (χ4v) is 4.59. The summed E-state index contributed by atoms with van der Waals surface area (Å²) in [6.07, 6.45) is 1.71. The predicted molar refractivity (Wildman–Crippen MR) is 152 cm³/mol. The number of urea groups is 1. The second kappa shape index (κ2) is 11.0. The number of fused-ring (bicyclic) bond motifs is 1. The summed E-state index contributed by atoms with van der Waals surface area (Å²) < 4.78 is 2.52. The minimum atomic E-state index is -0.261. The first-order valence-electron chi connectivity index (χ1n) is 11.7. The van der Waals surface area contributed by atoms with E-state index in [4.69, 9.17) is 16.6 Å². The van der Waals surface area contributed by atoms with Gasteiger partial charge in [-0.2, -0.15) is 9.61 Å². The van der Waals surface area contributed by atoms with Gasteiger partial charge in [-0.25, -0.2) is 9.78 Å². The van der Waals surface area contributed by atoms with Crippen LogP contribution in [0, 0.1) is 0 Å². The maximum atomic E-state index is 12.6. The van der Waals surface area contributed by atoms with Crippen molar-refractivity contribution in [3.8, 4) is 11.3 Å². The van der Waals surface area contributed by atoms with Gasteiger partial charge in [0.05, 0.1) is 22.4 Å². The Morgan fingerprint density at radius 2 is 1.81 bits per heavy atom. The van der Waals surface area contributed by atoms with Gasteiger partial charge in [0.25, 0.3) is 0 Å². The molecule has 0 radical (unpaired) electrons. The lowest BCUT2D eigenvalue weighted by molar-refractivity contribution is 0.249. The summed E-state index contributed by atoms with van der Waals surface area (Å²) >= 11 is 9.97. The molecule has 0 saturated carbocycles. The number of nitrogens with one attached hydrogen (secondary N) is 3. The van der Waals surface area contributed by atoms with Gasteiger partial charge in [-0.15, -0.1) is 0 Å². The van der Waals surface area contributed by atoms with Crippen LogP contribution in [0.25, 0.3) is 16.9 Å². The molecule has 1 unspecified atom stereocenters. The average Bonchev–Trinajstić information content (AvgIpc) is 3.29. The van der Waals surface area contributed by atoms with Gasteiger partial charge in [0, 0.05) is 28.9 Å². The van der Waals surface area contributed by atoms with Gasteiger partial charge in [-0.05, 0) is 52.2 Å². The second-order valence-electron chi connectivity index (χ2n) is 8.52. The Labute approximate surface area is 228 Å². The highest BCUT2D eigenvalue weighted by Crippen LogP contribution is 2.30. The van der Waals surface area contributed by atoms with Crippen molar-refractivity contribution in [2.24, 2.45) is 0 Å². The number of aromatic nitrogens is 3. The molecule has 0 fully saturated rings. The summed E-state index contributed by atoms with van der Waals surface area (Å²) in [4.78, 5) is 17.3. The predicted octanol–water partition coefficient (Wildman–Crippen LogP) is 7.31. The van der Waals surface area contributed by atoms with Crippen molar-refractivity contribution in [2.75, 3.05) is 10.6 Å². The molecule has 0 spiro atoms. The third-order valence-corrected chi connectivity index (χ3v) is 6.77. The molecule has 3 aromatic carbocycles. The molecule has 186 valence electrons. The van der Waals surface area contributed by atoms with E-state index in [0.29, 0.717) is 22.9 Å². The Balaban J connectivity index is 1.31. The lowest BCUT2D eigenvalue weighted by Gasteiger charge is -2.15. The largest absolute Gasteiger partial charge is 0.366 e. The van der Waals surface area contributed by atoms with Gasteiger partial charge >= 0.3 is 6.03 Å². The van der Waals surface area contributed by atoms with Gasteiger partial charge in [0.1, 0.15) is 5.82 Å². The van der Waals surface area contributed by atoms with E-state index in [0.717, 1.165) is 32.7 Å². The monoisotopic (exact) mass is 574 g/mol. The molecular weight excluding hydrogens is 552 g/mol. The number of nitrogens with zero attached hydrogens (tertiary/aromatic N) is 3. The molecule has 5 aromatic rings. The van der Waals surface area contributed by atoms with Gasteiger partial charge in [0.15, 0.2) is 5.65 Å². The molecule has 2 aromatic heterocycles. The number of rotatable bonds is 7. The van der Waals surface area contributed by atoms with E-state index < -0.39 is 0 Å². The number of carbonyl (C=O) groups is 1. The number of anilines is 2. The van der Waals surface area contributed by atoms with Crippen molar-refractivity contribution in [1.29, 1.82) is 0 Å². The summed E-state index contributed by atoms with van der Waals surface area (Å²) in [5.41, 5.74) is 4.99. The Morgan fingerprint density at radius 3 is 2.62 bits per heavy atom. The molecule has 0 aliphatic carbocycles. The van der Waals surface area contributed by atoms with Gasteiger partial charge in [-0.1, -0.05) is 72.3 Å². The number of benzene rings is 3. The highest BCUT2D eigenvalue weighted by Gasteiger charge is 2.14. The third kappa shape index (κ3) is 5.76. The van der Waals surface area contributed by atoms with E-state index in [2.05, 4.69) is 37.0 Å². The van der Waals surface area contributed by atoms with Crippen molar-refractivity contribution >= 4 is 50.7 Å². The SMILES string of the molecule is CC(NC(=O)Nc1cccc(CNc2cc(-c3ccccc3Cl)nc3c(Br)cnn23)c1)c1ccccc1. The minimum absolute atomic E-state index is 0.110. The minimum Gasteiger partial charge on any atom is -0.366 e. The average molecular weight is 576 g/mol. The molecule has 0 bridgehead atoms. The Morgan fingerprint density at radius 1 is 1.03 bits per heavy atom. The zero-order valence-electron chi connectivity index (χ0n) is 20.0. The second-order valence-corrected chi connectivity index (χ2v) is 9.78. The molecule has 0 aliphatic heterocycles. The van der Waals surface area contributed by atoms with Crippen LogP contribution in [0.5, 0.6) is 0 Å². The van der Waals surface area contributed by atoms with E-state index in [1.807, 2.05) is 91.9 Å². The summed E-state index contributed by atoms with van der Waals surface area (Å²) in [5, 5.41) is 14.4. The van der Waals surface area contributed by atoms with Gasteiger partial charge in [0.2, 0.25) is 0 Å². The Kier molecular flexibility index (Phi) is 7.39. The van der Waals surface area contributed by atoms with E-state index in [9.17, 15) is 4.79 Å². The van der Waals surface area contributed by atoms with Crippen molar-refractivity contribution in [3.05, 3.63) is 112 Å². The normalized spacial score (nSPS) is 11.8. The molecule has 7 nitrogen and oxygen atoms in total. The first kappa shape index (κ1) is 24.8. The van der Waals surface area contributed by atoms with E-state index in [1.165, 1.54) is 0 Å². The van der Waals surface area contributed by atoms with Gasteiger partial charge in [-0.3, -0.25) is 0 Å². The number of hydrogen-bond acceptors (Lipinski definition) is 4. The van der Waals surface area contributed by atoms with Crippen LogP contribution in [-0.2, 0) is 6.54 Å². The molecule has 3 N–H and O–H groups in total. The van der Waals surface area contributed by atoms with Gasteiger partial charge < -0.3 is 16.0 Å². The lowest BCUT2D eigenvalue weighted by Crippen LogP contribution is -2.31. The fraction of sp³-hybridized carbons (Fsp3) is 0.107. The molecule has 1 atom stereocenters. The van der Waals surface area contributed by atoms with Crippen molar-refractivity contribution in [2.45, 2.75) is 19.5 Å². The smallest absolute Gasteiger partial charge is 0.319 e. The standard InChI is InChI=1S/C28H24BrClN6O/c1-18(20-9-3-2-4-10-20)33-28(37)34-21-11-7-8-19(14-21)16-31-26-15-25(22-12-5-6-13-24(22)30)35-27-23(29)17-32-36(26)27/h2-15,17-18,31H,16H2,1H3,(H2,33,34,37). The van der Waals surface area contributed by atoms with E-state index in [-0.39, 0.29) is 12.1 Å². The first-order chi connectivity index (χ1) is 18.0. The van der Waals surface area contributed by atoms with Crippen LogP contribution in [0.1, 0.15) is 24.1 Å². The molecule has 2 amide bonds. The van der Waals surface area contributed by atoms with Crippen LogP contribution >= 0.6 is 27.5 Å². The number of amides is 2. The van der Waals surface area contributed by atoms with Crippen LogP contribution < -0.4 is 16.0 Å². The molecule has 37 heavy (non-hydrogen) atoms. The van der Waals surface area contributed by atoms with Crippen LogP contribution in [0.4, 0.5) is 16.3 Å². The molecule has 0 aliphatic rings. The van der Waals surface area contributed by atoms with Crippen LogP contribution in [-0.4, -0.2) is 20.6 Å². The Bertz CT molecular complexity index is 1560. The zero-order valence-corrected chi connectivity index (χ0v) is 22.3. The molecular formula is C28H24BrClN6O. The topological polar surface area (TPSA) is 83.4 Å². The summed E-state index contributed by atoms with van der Waals surface area (Å²) in [6.45, 7) is 2.46. The van der Waals surface area contributed by atoms with Crippen molar-refractivity contribution in [3.63, 3.8) is 0 Å². The summed E-state index contributed by atoms with van der Waals surface area (Å²) in [7, 11) is 0. The Hall–Kier alpha value is -3.88. The first-order valence-corrected chi connectivity index (χ1v) is 12.9. The van der Waals surface area contributed by atoms with Crippen LogP contribution in [0.15, 0.2) is 95.6 Å². The quantitative estimate of drug-likeness (QED) is 0.190. The molecule has 9 heteroatoms. The third-order valence-electron chi connectivity index (χ3n) is 5.88. The molecule has 2 heterocycles. The molecule has 5 rings (SSSR count). The highest BCUT2D eigenvalue weighted by molar-refractivity contribution is 9.10. The number of hydrogen-bond donors (Lipinski definition) is 3. The van der Waals surface area contributed by atoms with E-state index >= 15 is 0 Å². The molecule has 0 saturated heterocycles. The van der Waals surface area contributed by atoms with Crippen molar-refractivity contribution in [1.82, 2.24) is 19.9 Å². The number of carbonyl (C=O) groups excluding carboxylic acids is 1. The summed E-state index contributed by atoms with van der Waals surface area (Å²) in [6, 6.07) is 26.7. The highest BCUT2D eigenvalue weighted by atomic mass is 79.9. The zero-order chi connectivity index (χ0) is 25.8. The maximum absolute atomic E-state index is 12.6. The number of halogens is 2. The van der Waals surface area contributed by atoms with Crippen molar-refractivity contribution < 1.29 is 4.79 Å². The summed E-state index contributed by atoms with van der Waals surface area (Å²) in [5.74, 6) is 0.762. The van der Waals surface area contributed by atoms with E-state index in [1.54, 1.807) is 10.7 Å². The lowest BCUT2D eigenvalue weighted by atomic mass is 10.1. The maximum Gasteiger partial charge on any atom is 0.319 e. The van der Waals surface area contributed by atoms with Crippen LogP contribution in [0.2, 0.25) is 5.02 Å². The fourth-order valence-electron chi connectivity index (χ4n) is 4.01.